The smallest absolute Gasteiger partial charge is 0.387 e. The molecule has 0 amide bonds. The molecule has 0 heterocycles. The van der Waals surface area contributed by atoms with Crippen LogP contribution in [0.25, 0.3) is 0 Å². The molecule has 5 heteroatoms. The highest BCUT2D eigenvalue weighted by molar-refractivity contribution is 5.25. The van der Waals surface area contributed by atoms with Gasteiger partial charge in [-0.1, -0.05) is 0 Å². The predicted octanol–water partition coefficient (Wildman–Crippen LogP) is 2.37. The van der Waals surface area contributed by atoms with Gasteiger partial charge in [-0.15, -0.1) is 0 Å². The molecule has 0 aliphatic carbocycles. The van der Waals surface area contributed by atoms with E-state index in [1.165, 1.54) is 0 Å². The van der Waals surface area contributed by atoms with E-state index in [9.17, 15) is 17.6 Å². The minimum Gasteiger partial charge on any atom is -0.429 e. The lowest BCUT2D eigenvalue weighted by atomic mass is 10.3. The molecular formula is C7H3F4O. The number of rotatable bonds is 2. The molecule has 0 aromatic heterocycles. The summed E-state index contributed by atoms with van der Waals surface area (Å²) in [6, 6.07) is 3.59. The van der Waals surface area contributed by atoms with Gasteiger partial charge in [0.25, 0.3) is 0 Å². The van der Waals surface area contributed by atoms with Crippen LogP contribution in [0.15, 0.2) is 12.1 Å². The highest BCUT2D eigenvalue weighted by atomic mass is 19.3. The van der Waals surface area contributed by atoms with Crippen molar-refractivity contribution in [2.24, 2.45) is 0 Å². The van der Waals surface area contributed by atoms with Gasteiger partial charge in [0.15, 0.2) is 17.4 Å². The average molecular weight is 179 g/mol. The van der Waals surface area contributed by atoms with Crippen LogP contribution in [0.2, 0.25) is 0 Å². The van der Waals surface area contributed by atoms with Gasteiger partial charge in [0.2, 0.25) is 0 Å². The number of hydrogen-bond donors (Lipinski definition) is 0. The fourth-order valence-electron chi connectivity index (χ4n) is 0.631. The first kappa shape index (κ1) is 8.83. The second kappa shape index (κ2) is 3.42. The van der Waals surface area contributed by atoms with Crippen LogP contribution in [-0.2, 0) is 0 Å². The summed E-state index contributed by atoms with van der Waals surface area (Å²) in [4.78, 5) is 0. The van der Waals surface area contributed by atoms with Gasteiger partial charge in [-0.2, -0.15) is 8.78 Å². The Hall–Kier alpha value is -1.26. The van der Waals surface area contributed by atoms with Crippen LogP contribution in [0.4, 0.5) is 17.6 Å². The van der Waals surface area contributed by atoms with Crippen molar-refractivity contribution in [2.75, 3.05) is 0 Å². The molecule has 1 radical (unpaired) electrons. The Bertz CT molecular complexity index is 254. The summed E-state index contributed by atoms with van der Waals surface area (Å²) in [5, 5.41) is 0. The molecule has 1 nitrogen and oxygen atoms in total. The summed E-state index contributed by atoms with van der Waals surface area (Å²) in [5.41, 5.74) is 0. The van der Waals surface area contributed by atoms with Crippen molar-refractivity contribution in [3.8, 4) is 5.75 Å². The van der Waals surface area contributed by atoms with Crippen molar-refractivity contribution in [2.45, 2.75) is 6.61 Å². The quantitative estimate of drug-likeness (QED) is 0.633. The van der Waals surface area contributed by atoms with E-state index >= 15 is 0 Å². The van der Waals surface area contributed by atoms with Gasteiger partial charge in [0.1, 0.15) is 0 Å². The Morgan fingerprint density at radius 2 is 2.00 bits per heavy atom. The second-order valence-electron chi connectivity index (χ2n) is 1.85. The maximum atomic E-state index is 12.5. The number of halogens is 4. The van der Waals surface area contributed by atoms with Gasteiger partial charge >= 0.3 is 6.61 Å². The Kier molecular flexibility index (Phi) is 2.52. The standard InChI is InChI=1S/C7H3F4O/c8-4-2-1-3-5(9)6(4)12-7(10)11/h1-2,7H. The maximum Gasteiger partial charge on any atom is 0.387 e. The summed E-state index contributed by atoms with van der Waals surface area (Å²) < 4.78 is 51.5. The SMILES string of the molecule is Fc1[c]ccc(F)c1OC(F)F. The molecule has 0 unspecified atom stereocenters. The van der Waals surface area contributed by atoms with E-state index in [1.54, 1.807) is 0 Å². The normalized spacial score (nSPS) is 10.4. The molecule has 0 saturated carbocycles. The zero-order chi connectivity index (χ0) is 9.14. The highest BCUT2D eigenvalue weighted by Gasteiger charge is 2.14. The third-order valence-electron chi connectivity index (χ3n) is 1.06. The van der Waals surface area contributed by atoms with Gasteiger partial charge in [0, 0.05) is 6.07 Å². The summed E-state index contributed by atoms with van der Waals surface area (Å²) in [6.07, 6.45) is 0. The van der Waals surface area contributed by atoms with Gasteiger partial charge in [-0.05, 0) is 12.1 Å². The molecule has 1 rings (SSSR count). The maximum absolute atomic E-state index is 12.5. The zero-order valence-electron chi connectivity index (χ0n) is 5.65. The number of hydrogen-bond acceptors (Lipinski definition) is 1. The fraction of sp³-hybridized carbons (Fsp3) is 0.143. The topological polar surface area (TPSA) is 9.23 Å². The van der Waals surface area contributed by atoms with Crippen LogP contribution in [0.3, 0.4) is 0 Å². The Labute approximate surface area is 65.6 Å². The molecule has 0 spiro atoms. The second-order valence-corrected chi connectivity index (χ2v) is 1.85. The van der Waals surface area contributed by atoms with Gasteiger partial charge in [-0.25, -0.2) is 8.78 Å². The average Bonchev–Trinajstić information content (AvgIpc) is 1.97. The van der Waals surface area contributed by atoms with Crippen LogP contribution < -0.4 is 4.74 Å². The van der Waals surface area contributed by atoms with E-state index in [4.69, 9.17) is 0 Å². The van der Waals surface area contributed by atoms with Crippen molar-refractivity contribution in [1.29, 1.82) is 0 Å². The van der Waals surface area contributed by atoms with E-state index in [-0.39, 0.29) is 0 Å². The summed E-state index contributed by atoms with van der Waals surface area (Å²) in [6.45, 7) is -3.25. The molecule has 1 aromatic carbocycles. The first-order chi connectivity index (χ1) is 5.61. The third kappa shape index (κ3) is 1.87. The summed E-state index contributed by atoms with van der Waals surface area (Å²) in [7, 11) is 0. The minimum absolute atomic E-state index is 0.779. The molecule has 0 N–H and O–H groups in total. The number of ether oxygens (including phenoxy) is 1. The summed E-state index contributed by atoms with van der Waals surface area (Å²) in [5.74, 6) is -3.55. The Morgan fingerprint density at radius 3 is 2.50 bits per heavy atom. The highest BCUT2D eigenvalue weighted by Crippen LogP contribution is 2.21. The van der Waals surface area contributed by atoms with Crippen LogP contribution >= 0.6 is 0 Å². The zero-order valence-corrected chi connectivity index (χ0v) is 5.65. The minimum atomic E-state index is -3.25. The lowest BCUT2D eigenvalue weighted by Gasteiger charge is -2.05. The monoisotopic (exact) mass is 179 g/mol. The molecule has 1 aromatic rings. The third-order valence-corrected chi connectivity index (χ3v) is 1.06. The number of benzene rings is 1. The fourth-order valence-corrected chi connectivity index (χ4v) is 0.631. The molecule has 0 aliphatic rings. The largest absolute Gasteiger partial charge is 0.429 e. The van der Waals surface area contributed by atoms with Crippen molar-refractivity contribution >= 4 is 0 Å². The lowest BCUT2D eigenvalue weighted by molar-refractivity contribution is -0.0546. The van der Waals surface area contributed by atoms with E-state index in [2.05, 4.69) is 4.74 Å². The van der Waals surface area contributed by atoms with Crippen molar-refractivity contribution in [1.82, 2.24) is 0 Å². The van der Waals surface area contributed by atoms with Gasteiger partial charge in [-0.3, -0.25) is 0 Å². The molecule has 0 saturated heterocycles. The Morgan fingerprint density at radius 1 is 1.33 bits per heavy atom. The summed E-state index contributed by atoms with van der Waals surface area (Å²) >= 11 is 0. The molecule has 12 heavy (non-hydrogen) atoms. The van der Waals surface area contributed by atoms with Crippen LogP contribution in [-0.4, -0.2) is 6.61 Å². The molecular weight excluding hydrogens is 176 g/mol. The van der Waals surface area contributed by atoms with E-state index in [1.807, 2.05) is 6.07 Å². The first-order valence-electron chi connectivity index (χ1n) is 2.91. The van der Waals surface area contributed by atoms with E-state index in [0.29, 0.717) is 0 Å². The van der Waals surface area contributed by atoms with Crippen molar-refractivity contribution in [3.05, 3.63) is 29.8 Å². The van der Waals surface area contributed by atoms with Gasteiger partial charge < -0.3 is 4.74 Å². The van der Waals surface area contributed by atoms with Gasteiger partial charge in [0.05, 0.1) is 0 Å². The number of alkyl halides is 2. The van der Waals surface area contributed by atoms with Crippen molar-refractivity contribution < 1.29 is 22.3 Å². The van der Waals surface area contributed by atoms with Crippen molar-refractivity contribution in [3.63, 3.8) is 0 Å². The van der Waals surface area contributed by atoms with Crippen LogP contribution in [0, 0.1) is 17.7 Å². The molecule has 0 aliphatic heterocycles. The molecule has 0 fully saturated rings. The molecule has 0 bridgehead atoms. The van der Waals surface area contributed by atoms with Crippen LogP contribution in [0.1, 0.15) is 0 Å². The molecule has 65 valence electrons. The molecule has 0 atom stereocenters. The predicted molar refractivity (Wildman–Crippen MR) is 31.8 cm³/mol. The lowest BCUT2D eigenvalue weighted by Crippen LogP contribution is -2.05. The van der Waals surface area contributed by atoms with Crippen LogP contribution in [0.5, 0.6) is 5.75 Å². The first-order valence-corrected chi connectivity index (χ1v) is 2.91. The Balaban J connectivity index is 2.96. The van der Waals surface area contributed by atoms with E-state index in [0.717, 1.165) is 12.1 Å². The van der Waals surface area contributed by atoms with E-state index < -0.39 is 24.0 Å².